The van der Waals surface area contributed by atoms with Gasteiger partial charge in [0.1, 0.15) is 12.4 Å². The van der Waals surface area contributed by atoms with Crippen molar-refractivity contribution >= 4 is 78.1 Å². The summed E-state index contributed by atoms with van der Waals surface area (Å²) in [5, 5.41) is 3.97. The quantitative estimate of drug-likeness (QED) is 0.323. The molecule has 4 nitrogen and oxygen atoms in total. The first-order valence-corrected chi connectivity index (χ1v) is 12.0. The minimum absolute atomic E-state index is 0.168. The molecule has 0 atom stereocenters. The van der Waals surface area contributed by atoms with Crippen LogP contribution in [0, 0.1) is 0 Å². The van der Waals surface area contributed by atoms with Gasteiger partial charge in [0.2, 0.25) is 0 Å². The van der Waals surface area contributed by atoms with Gasteiger partial charge in [0.05, 0.1) is 10.6 Å². The van der Waals surface area contributed by atoms with Crippen molar-refractivity contribution in [3.05, 3.63) is 96.7 Å². The van der Waals surface area contributed by atoms with Gasteiger partial charge in [-0.25, -0.2) is 4.99 Å². The molecular formula is C23H15Br2ClN2O2S. The van der Waals surface area contributed by atoms with E-state index in [1.165, 1.54) is 11.8 Å². The molecule has 4 rings (SSSR count). The second kappa shape index (κ2) is 10.0. The van der Waals surface area contributed by atoms with E-state index in [0.717, 1.165) is 31.5 Å². The number of aliphatic imine (C=N–C) groups is 1. The van der Waals surface area contributed by atoms with Gasteiger partial charge < -0.3 is 10.1 Å². The molecule has 0 bridgehead atoms. The molecule has 3 aromatic carbocycles. The zero-order valence-electron chi connectivity index (χ0n) is 15.9. The van der Waals surface area contributed by atoms with E-state index in [-0.39, 0.29) is 5.91 Å². The van der Waals surface area contributed by atoms with E-state index < -0.39 is 0 Å². The second-order valence-corrected chi connectivity index (χ2v) is 9.79. The molecule has 0 radical (unpaired) electrons. The maximum Gasteiger partial charge on any atom is 0.264 e. The van der Waals surface area contributed by atoms with E-state index in [0.29, 0.717) is 21.7 Å². The van der Waals surface area contributed by atoms with Crippen LogP contribution in [0.4, 0.5) is 5.69 Å². The van der Waals surface area contributed by atoms with Crippen molar-refractivity contribution in [2.45, 2.75) is 6.61 Å². The summed E-state index contributed by atoms with van der Waals surface area (Å²) in [6, 6.07) is 20.7. The second-order valence-electron chi connectivity index (χ2n) is 6.55. The number of ether oxygens (including phenoxy) is 1. The molecule has 1 saturated heterocycles. The first kappa shape index (κ1) is 22.1. The Morgan fingerprint density at radius 2 is 1.77 bits per heavy atom. The summed E-state index contributed by atoms with van der Waals surface area (Å²) in [7, 11) is 0. The Bertz CT molecular complexity index is 1180. The van der Waals surface area contributed by atoms with Gasteiger partial charge in [-0.3, -0.25) is 4.79 Å². The number of rotatable bonds is 5. The van der Waals surface area contributed by atoms with Crippen LogP contribution in [-0.2, 0) is 11.4 Å². The number of halogens is 3. The summed E-state index contributed by atoms with van der Waals surface area (Å²) in [6.45, 7) is 0.455. The van der Waals surface area contributed by atoms with E-state index in [4.69, 9.17) is 16.3 Å². The Morgan fingerprint density at radius 3 is 2.48 bits per heavy atom. The minimum atomic E-state index is -0.168. The molecule has 1 amide bonds. The summed E-state index contributed by atoms with van der Waals surface area (Å²) >= 11 is 14.2. The SMILES string of the molecule is O=C1NC(=Nc2ccc(Cl)cc2)S/C1=C\c1ccc(OCc2ccc(Br)cc2Br)cc1. The highest BCUT2D eigenvalue weighted by Gasteiger charge is 2.23. The molecule has 3 aromatic rings. The van der Waals surface area contributed by atoms with E-state index in [1.54, 1.807) is 24.3 Å². The summed E-state index contributed by atoms with van der Waals surface area (Å²) in [4.78, 5) is 17.3. The van der Waals surface area contributed by atoms with Gasteiger partial charge in [0.15, 0.2) is 5.17 Å². The van der Waals surface area contributed by atoms with Gasteiger partial charge in [0.25, 0.3) is 5.91 Å². The number of thioether (sulfide) groups is 1. The van der Waals surface area contributed by atoms with Gasteiger partial charge >= 0.3 is 0 Å². The lowest BCUT2D eigenvalue weighted by molar-refractivity contribution is -0.115. The van der Waals surface area contributed by atoms with Crippen LogP contribution in [0.2, 0.25) is 5.02 Å². The first-order chi connectivity index (χ1) is 15.0. The van der Waals surface area contributed by atoms with E-state index in [1.807, 2.05) is 48.5 Å². The fraction of sp³-hybridized carbons (Fsp3) is 0.0435. The minimum Gasteiger partial charge on any atom is -0.489 e. The third kappa shape index (κ3) is 6.01. The maximum atomic E-state index is 12.3. The predicted molar refractivity (Wildman–Crippen MR) is 135 cm³/mol. The normalized spacial score (nSPS) is 16.0. The zero-order valence-corrected chi connectivity index (χ0v) is 20.7. The van der Waals surface area contributed by atoms with Crippen molar-refractivity contribution in [2.75, 3.05) is 0 Å². The Balaban J connectivity index is 1.40. The van der Waals surface area contributed by atoms with Crippen molar-refractivity contribution in [3.8, 4) is 5.75 Å². The van der Waals surface area contributed by atoms with Crippen molar-refractivity contribution in [3.63, 3.8) is 0 Å². The zero-order chi connectivity index (χ0) is 21.8. The van der Waals surface area contributed by atoms with Crippen molar-refractivity contribution in [1.29, 1.82) is 0 Å². The van der Waals surface area contributed by atoms with Crippen LogP contribution in [0.3, 0.4) is 0 Å². The fourth-order valence-electron chi connectivity index (χ4n) is 2.72. The van der Waals surface area contributed by atoms with Crippen LogP contribution < -0.4 is 10.1 Å². The third-order valence-corrected chi connectivity index (χ3v) is 6.69. The van der Waals surface area contributed by atoms with Gasteiger partial charge in [-0.2, -0.15) is 0 Å². The third-order valence-electron chi connectivity index (χ3n) is 4.30. The Hall–Kier alpha value is -2.06. The number of nitrogens with zero attached hydrogens (tertiary/aromatic N) is 1. The highest BCUT2D eigenvalue weighted by molar-refractivity contribution is 9.11. The van der Waals surface area contributed by atoms with Crippen LogP contribution in [0.5, 0.6) is 5.75 Å². The molecule has 1 heterocycles. The molecule has 1 aliphatic heterocycles. The Morgan fingerprint density at radius 1 is 1.03 bits per heavy atom. The molecule has 31 heavy (non-hydrogen) atoms. The maximum absolute atomic E-state index is 12.3. The lowest BCUT2D eigenvalue weighted by atomic mass is 10.2. The van der Waals surface area contributed by atoms with Crippen LogP contribution in [0.25, 0.3) is 6.08 Å². The standard InChI is InChI=1S/C23H15Br2ClN2O2S/c24-16-4-3-15(20(25)12-16)13-30-19-9-1-14(2-10-19)11-21-22(29)28-23(31-21)27-18-7-5-17(26)6-8-18/h1-12H,13H2,(H,27,28,29)/b21-11-. The van der Waals surface area contributed by atoms with Crippen molar-refractivity contribution < 1.29 is 9.53 Å². The molecule has 0 aromatic heterocycles. The lowest BCUT2D eigenvalue weighted by Crippen LogP contribution is -2.19. The molecule has 1 aliphatic rings. The lowest BCUT2D eigenvalue weighted by Gasteiger charge is -2.08. The van der Waals surface area contributed by atoms with Gasteiger partial charge in [-0.1, -0.05) is 61.7 Å². The summed E-state index contributed by atoms with van der Waals surface area (Å²) in [5.41, 5.74) is 2.69. The molecule has 0 unspecified atom stereocenters. The average molecular weight is 579 g/mol. The first-order valence-electron chi connectivity index (χ1n) is 9.18. The van der Waals surface area contributed by atoms with Gasteiger partial charge in [-0.05, 0) is 71.9 Å². The van der Waals surface area contributed by atoms with E-state index in [2.05, 4.69) is 42.2 Å². The summed E-state index contributed by atoms with van der Waals surface area (Å²) in [6.07, 6.45) is 1.83. The highest BCUT2D eigenvalue weighted by Crippen LogP contribution is 2.29. The average Bonchev–Trinajstić information content (AvgIpc) is 3.09. The molecule has 8 heteroatoms. The van der Waals surface area contributed by atoms with Gasteiger partial charge in [0, 0.05) is 19.5 Å². The van der Waals surface area contributed by atoms with Gasteiger partial charge in [-0.15, -0.1) is 0 Å². The summed E-state index contributed by atoms with van der Waals surface area (Å²) in [5.74, 6) is 0.587. The number of carbonyl (C=O) groups is 1. The number of nitrogens with one attached hydrogen (secondary N) is 1. The molecule has 1 N–H and O–H groups in total. The number of amidine groups is 1. The van der Waals surface area contributed by atoms with Crippen LogP contribution in [0.1, 0.15) is 11.1 Å². The summed E-state index contributed by atoms with van der Waals surface area (Å²) < 4.78 is 7.87. The van der Waals surface area contributed by atoms with Crippen molar-refractivity contribution in [2.24, 2.45) is 4.99 Å². The highest BCUT2D eigenvalue weighted by atomic mass is 79.9. The molecule has 0 spiro atoms. The molecule has 0 aliphatic carbocycles. The molecular weight excluding hydrogens is 564 g/mol. The van der Waals surface area contributed by atoms with Crippen LogP contribution in [-0.4, -0.2) is 11.1 Å². The van der Waals surface area contributed by atoms with E-state index in [9.17, 15) is 4.79 Å². The predicted octanol–water partition coefficient (Wildman–Crippen LogP) is 7.34. The fourth-order valence-corrected chi connectivity index (χ4v) is 4.85. The number of hydrogen-bond donors (Lipinski definition) is 1. The number of amides is 1. The smallest absolute Gasteiger partial charge is 0.264 e. The van der Waals surface area contributed by atoms with E-state index >= 15 is 0 Å². The Kier molecular flexibility index (Phi) is 7.17. The molecule has 1 fully saturated rings. The number of carbonyl (C=O) groups excluding carboxylic acids is 1. The Labute approximate surface area is 206 Å². The van der Waals surface area contributed by atoms with Crippen LogP contribution in [0.15, 0.2) is 85.6 Å². The largest absolute Gasteiger partial charge is 0.489 e. The molecule has 156 valence electrons. The monoisotopic (exact) mass is 576 g/mol. The van der Waals surface area contributed by atoms with Crippen molar-refractivity contribution in [1.82, 2.24) is 5.32 Å². The number of benzene rings is 3. The van der Waals surface area contributed by atoms with Crippen LogP contribution >= 0.6 is 55.2 Å². The topological polar surface area (TPSA) is 50.7 Å². The molecule has 0 saturated carbocycles. The number of hydrogen-bond acceptors (Lipinski definition) is 4.